The van der Waals surface area contributed by atoms with Crippen molar-refractivity contribution in [3.8, 4) is 0 Å². The van der Waals surface area contributed by atoms with Gasteiger partial charge in [-0.3, -0.25) is 4.90 Å². The van der Waals surface area contributed by atoms with Crippen molar-refractivity contribution < 1.29 is 10.2 Å². The van der Waals surface area contributed by atoms with E-state index in [1.54, 1.807) is 0 Å². The summed E-state index contributed by atoms with van der Waals surface area (Å²) in [5.74, 6) is -2.54. The molecule has 1 unspecified atom stereocenters. The first-order chi connectivity index (χ1) is 8.43. The number of likely N-dealkylation sites (tertiary alicyclic amines) is 1. The molecule has 3 nitrogen and oxygen atoms in total. The third-order valence-electron chi connectivity index (χ3n) is 3.22. The summed E-state index contributed by atoms with van der Waals surface area (Å²) in [6.45, 7) is 2.90. The van der Waals surface area contributed by atoms with E-state index in [-0.39, 0.29) is 24.4 Å². The Hall–Kier alpha value is -0.590. The van der Waals surface area contributed by atoms with E-state index in [2.05, 4.69) is 4.98 Å². The van der Waals surface area contributed by atoms with Gasteiger partial charge < -0.3 is 5.73 Å². The average Bonchev–Trinajstić information content (AvgIpc) is 2.61. The molecule has 0 amide bonds. The minimum atomic E-state index is -2.54. The van der Waals surface area contributed by atoms with Crippen LogP contribution in [0.25, 0.3) is 0 Å². The zero-order valence-electron chi connectivity index (χ0n) is 10.7. The maximum Gasteiger partial charge on any atom is 0.250 e. The monoisotopic (exact) mass is 262 g/mol. The van der Waals surface area contributed by atoms with Crippen LogP contribution in [0.5, 0.6) is 0 Å². The molecule has 1 aliphatic rings. The Morgan fingerprint density at radius 1 is 1.65 bits per heavy atom. The quantitative estimate of drug-likeness (QED) is 0.908. The Kier molecular flexibility index (Phi) is 3.35. The van der Waals surface area contributed by atoms with Gasteiger partial charge in [-0.05, 0) is 6.92 Å². The van der Waals surface area contributed by atoms with Gasteiger partial charge in [-0.25, -0.2) is 13.8 Å². The topological polar surface area (TPSA) is 42.1 Å². The number of piperidine rings is 1. The molecule has 0 saturated carbocycles. The number of aromatic nitrogens is 1. The molecule has 1 saturated heterocycles. The Morgan fingerprint density at radius 3 is 2.76 bits per heavy atom. The second kappa shape index (κ2) is 4.96. The van der Waals surface area contributed by atoms with Gasteiger partial charge in [0.1, 0.15) is 0 Å². The molecule has 0 radical (unpaired) electrons. The van der Waals surface area contributed by atoms with Crippen molar-refractivity contribution in [3.63, 3.8) is 0 Å². The highest BCUT2D eigenvalue weighted by Gasteiger charge is 2.36. The van der Waals surface area contributed by atoms with E-state index in [1.165, 1.54) is 11.3 Å². The molecular weight excluding hydrogens is 244 g/mol. The van der Waals surface area contributed by atoms with Crippen molar-refractivity contribution in [1.82, 2.24) is 9.88 Å². The van der Waals surface area contributed by atoms with Crippen molar-refractivity contribution in [2.45, 2.75) is 31.7 Å². The average molecular weight is 262 g/mol. The molecule has 1 fully saturated rings. The van der Waals surface area contributed by atoms with Crippen LogP contribution in [0.4, 0.5) is 8.78 Å². The molecule has 0 aliphatic carbocycles. The first kappa shape index (κ1) is 11.5. The maximum absolute atomic E-state index is 13.1. The predicted octanol–water partition coefficient (Wildman–Crippen LogP) is 2.18. The third kappa shape index (κ3) is 2.81. The Labute approximate surface area is 105 Å². The second-order valence-corrected chi connectivity index (χ2v) is 5.22. The number of thiazole rings is 1. The first-order valence-corrected chi connectivity index (χ1v) is 6.50. The number of nitrogens with two attached hydrogens (primary N) is 1. The van der Waals surface area contributed by atoms with Gasteiger partial charge in [0.2, 0.25) is 0 Å². The number of nitrogens with zero attached hydrogens (tertiary/aromatic N) is 2. The zero-order valence-corrected chi connectivity index (χ0v) is 10.6. The molecular formula is C11H17F2N3S. The van der Waals surface area contributed by atoms with Gasteiger partial charge in [-0.1, -0.05) is 0 Å². The number of halogens is 2. The fourth-order valence-electron chi connectivity index (χ4n) is 2.16. The summed E-state index contributed by atoms with van der Waals surface area (Å²) in [6.07, 6.45) is -0.232. The summed E-state index contributed by atoms with van der Waals surface area (Å²) in [5, 5.41) is 0. The number of alkyl halides is 2. The van der Waals surface area contributed by atoms with Gasteiger partial charge in [-0.2, -0.15) is 0 Å². The number of rotatable bonds is 3. The van der Waals surface area contributed by atoms with E-state index in [0.717, 1.165) is 10.6 Å². The normalized spacial score (nSPS) is 23.4. The van der Waals surface area contributed by atoms with Gasteiger partial charge in [0.05, 0.1) is 18.6 Å². The summed E-state index contributed by atoms with van der Waals surface area (Å²) in [6, 6.07) is -0.0855. The van der Waals surface area contributed by atoms with Crippen LogP contribution in [0.3, 0.4) is 0 Å². The number of hydrogen-bond acceptors (Lipinski definition) is 4. The lowest BCUT2D eigenvalue weighted by Crippen LogP contribution is -2.43. The third-order valence-corrected chi connectivity index (χ3v) is 4.19. The van der Waals surface area contributed by atoms with Crippen LogP contribution in [0, 0.1) is 6.92 Å². The van der Waals surface area contributed by atoms with Crippen molar-refractivity contribution in [1.29, 1.82) is 0 Å². The lowest BCUT2D eigenvalue weighted by atomic mass is 10.0. The fraction of sp³-hybridized carbons (Fsp3) is 0.727. The van der Waals surface area contributed by atoms with Crippen LogP contribution < -0.4 is 5.73 Å². The van der Waals surface area contributed by atoms with Crippen LogP contribution in [-0.4, -0.2) is 35.4 Å². The van der Waals surface area contributed by atoms with Crippen molar-refractivity contribution in [2.24, 2.45) is 5.73 Å². The summed E-state index contributed by atoms with van der Waals surface area (Å²) >= 11 is 1.29. The van der Waals surface area contributed by atoms with E-state index >= 15 is 0 Å². The second-order valence-electron chi connectivity index (χ2n) is 4.40. The van der Waals surface area contributed by atoms with Crippen LogP contribution in [-0.2, 0) is 0 Å². The lowest BCUT2D eigenvalue weighted by molar-refractivity contribution is -0.0625. The molecule has 0 spiro atoms. The molecule has 2 N–H and O–H groups in total. The van der Waals surface area contributed by atoms with Gasteiger partial charge >= 0.3 is 0 Å². The minimum Gasteiger partial charge on any atom is -0.329 e. The molecule has 1 aromatic heterocycles. The van der Waals surface area contributed by atoms with Crippen molar-refractivity contribution >= 4 is 11.3 Å². The smallest absolute Gasteiger partial charge is 0.250 e. The zero-order chi connectivity index (χ0) is 13.3. The standard InChI is InChI=1S/C11H17F2N3S/c1-8-10(17-7-15-8)9(6-14)16-4-2-11(12,13)3-5-16/h7,9H,2-6,14H2,1H3/i7D. The van der Waals surface area contributed by atoms with Crippen molar-refractivity contribution in [2.75, 3.05) is 19.6 Å². The molecule has 96 valence electrons. The van der Waals surface area contributed by atoms with Crippen LogP contribution in [0.1, 0.15) is 30.8 Å². The number of aryl methyl sites for hydroxylation is 1. The highest BCUT2D eigenvalue weighted by molar-refractivity contribution is 7.09. The largest absolute Gasteiger partial charge is 0.329 e. The van der Waals surface area contributed by atoms with Crippen molar-refractivity contribution in [3.05, 3.63) is 16.1 Å². The Bertz CT molecular complexity index is 414. The molecule has 0 aromatic carbocycles. The SMILES string of the molecule is [2H]c1nc(C)c(C(CN)N2CCC(F)(F)CC2)s1. The molecule has 0 bridgehead atoms. The van der Waals surface area contributed by atoms with Gasteiger partial charge in [-0.15, -0.1) is 11.3 Å². The minimum absolute atomic E-state index is 0.0855. The summed E-state index contributed by atoms with van der Waals surface area (Å²) in [7, 11) is 0. The lowest BCUT2D eigenvalue weighted by Gasteiger charge is -2.36. The van der Waals surface area contributed by atoms with Gasteiger partial charge in [0.25, 0.3) is 5.92 Å². The van der Waals surface area contributed by atoms with Crippen LogP contribution in [0.2, 0.25) is 0 Å². The predicted molar refractivity (Wildman–Crippen MR) is 64.4 cm³/mol. The molecule has 1 aromatic rings. The maximum atomic E-state index is 13.1. The molecule has 17 heavy (non-hydrogen) atoms. The van der Waals surface area contributed by atoms with E-state index in [4.69, 9.17) is 7.10 Å². The van der Waals surface area contributed by atoms with E-state index in [9.17, 15) is 8.78 Å². The molecule has 6 heteroatoms. The molecule has 1 atom stereocenters. The fourth-order valence-corrected chi connectivity index (χ4v) is 3.02. The highest BCUT2D eigenvalue weighted by atomic mass is 32.1. The van der Waals surface area contributed by atoms with Gasteiger partial charge in [0.15, 0.2) is 0 Å². The summed E-state index contributed by atoms with van der Waals surface area (Å²) in [4.78, 5) is 6.98. The van der Waals surface area contributed by atoms with E-state index < -0.39 is 5.92 Å². The summed E-state index contributed by atoms with van der Waals surface area (Å²) in [5.41, 5.74) is 6.81. The highest BCUT2D eigenvalue weighted by Crippen LogP contribution is 2.33. The van der Waals surface area contributed by atoms with Gasteiger partial charge in [0, 0.05) is 37.4 Å². The van der Waals surface area contributed by atoms with E-state index in [0.29, 0.717) is 19.6 Å². The number of hydrogen-bond donors (Lipinski definition) is 1. The Balaban J connectivity index is 2.13. The van der Waals surface area contributed by atoms with Crippen LogP contribution >= 0.6 is 11.3 Å². The Morgan fingerprint density at radius 2 is 2.29 bits per heavy atom. The molecule has 1 aliphatic heterocycles. The summed E-state index contributed by atoms with van der Waals surface area (Å²) < 4.78 is 33.8. The molecule has 2 heterocycles. The van der Waals surface area contributed by atoms with Crippen LogP contribution in [0.15, 0.2) is 5.49 Å². The first-order valence-electron chi connectivity index (χ1n) is 6.19. The molecule has 2 rings (SSSR count). The van der Waals surface area contributed by atoms with E-state index in [1.807, 2.05) is 11.8 Å².